The molecule has 0 radical (unpaired) electrons. The lowest BCUT2D eigenvalue weighted by molar-refractivity contribution is -0.384. The van der Waals surface area contributed by atoms with Crippen LogP contribution in [0.25, 0.3) is 0 Å². The third-order valence-corrected chi connectivity index (χ3v) is 4.90. The number of carbonyl (C=O) groups excluding carboxylic acids is 1. The summed E-state index contributed by atoms with van der Waals surface area (Å²) in [6.45, 7) is 0.0796. The number of hydrogen-bond donors (Lipinski definition) is 2. The maximum atomic E-state index is 12.5. The molecule has 2 N–H and O–H groups in total. The third-order valence-electron chi connectivity index (χ3n) is 3.79. The zero-order valence-corrected chi connectivity index (χ0v) is 15.8. The van der Waals surface area contributed by atoms with Crippen LogP contribution < -0.4 is 10.6 Å². The van der Waals surface area contributed by atoms with Crippen molar-refractivity contribution in [3.05, 3.63) is 63.7 Å². The van der Waals surface area contributed by atoms with Gasteiger partial charge in [-0.05, 0) is 36.4 Å². The van der Waals surface area contributed by atoms with E-state index in [0.717, 1.165) is 36.6 Å². The minimum atomic E-state index is -4.50. The molecule has 156 valence electrons. The first-order valence-corrected chi connectivity index (χ1v) is 9.96. The summed E-state index contributed by atoms with van der Waals surface area (Å²) in [5.74, 6) is -0.609. The standard InChI is InChI=1S/C17H16F3N3O5S/c1-29(27,28)13-6-7-14(15(10-13)23(25)26)21-8-9-22-16(24)11-2-4-12(5-3-11)17(18,19)20/h2-7,10,21H,8-9H2,1H3,(H,22,24). The van der Waals surface area contributed by atoms with Gasteiger partial charge in [-0.2, -0.15) is 13.2 Å². The molecule has 0 saturated carbocycles. The Hall–Kier alpha value is -3.15. The molecule has 2 rings (SSSR count). The van der Waals surface area contributed by atoms with Crippen molar-refractivity contribution in [3.8, 4) is 0 Å². The van der Waals surface area contributed by atoms with E-state index in [1.807, 2.05) is 0 Å². The van der Waals surface area contributed by atoms with Gasteiger partial charge in [-0.25, -0.2) is 8.42 Å². The van der Waals surface area contributed by atoms with E-state index in [9.17, 15) is 36.5 Å². The summed E-state index contributed by atoms with van der Waals surface area (Å²) in [4.78, 5) is 22.2. The quantitative estimate of drug-likeness (QED) is 0.395. The van der Waals surface area contributed by atoms with Crippen molar-refractivity contribution < 1.29 is 31.3 Å². The first kappa shape index (κ1) is 22.1. The topological polar surface area (TPSA) is 118 Å². The molecule has 0 spiro atoms. The lowest BCUT2D eigenvalue weighted by Gasteiger charge is -2.10. The van der Waals surface area contributed by atoms with Gasteiger partial charge in [0.1, 0.15) is 5.69 Å². The molecule has 0 aliphatic heterocycles. The van der Waals surface area contributed by atoms with Crippen molar-refractivity contribution in [2.45, 2.75) is 11.1 Å². The highest BCUT2D eigenvalue weighted by atomic mass is 32.2. The number of nitro groups is 1. The molecule has 0 saturated heterocycles. The van der Waals surface area contributed by atoms with Gasteiger partial charge in [-0.1, -0.05) is 0 Å². The van der Waals surface area contributed by atoms with E-state index >= 15 is 0 Å². The highest BCUT2D eigenvalue weighted by Crippen LogP contribution is 2.29. The second kappa shape index (κ2) is 8.47. The van der Waals surface area contributed by atoms with Crippen LogP contribution in [0.3, 0.4) is 0 Å². The number of anilines is 1. The largest absolute Gasteiger partial charge is 0.416 e. The average Bonchev–Trinajstić information content (AvgIpc) is 2.63. The van der Waals surface area contributed by atoms with E-state index < -0.39 is 38.1 Å². The van der Waals surface area contributed by atoms with Crippen molar-refractivity contribution in [1.82, 2.24) is 5.32 Å². The van der Waals surface area contributed by atoms with Crippen LogP contribution in [0.1, 0.15) is 15.9 Å². The summed E-state index contributed by atoms with van der Waals surface area (Å²) in [7, 11) is -3.61. The molecule has 8 nitrogen and oxygen atoms in total. The second-order valence-electron chi connectivity index (χ2n) is 5.97. The van der Waals surface area contributed by atoms with Crippen LogP contribution in [-0.2, 0) is 16.0 Å². The minimum Gasteiger partial charge on any atom is -0.378 e. The van der Waals surface area contributed by atoms with Crippen molar-refractivity contribution >= 4 is 27.1 Å². The zero-order valence-electron chi connectivity index (χ0n) is 15.0. The SMILES string of the molecule is CS(=O)(=O)c1ccc(NCCNC(=O)c2ccc(C(F)(F)F)cc2)c([N+](=O)[O-])c1. The van der Waals surface area contributed by atoms with Gasteiger partial charge in [-0.3, -0.25) is 14.9 Å². The van der Waals surface area contributed by atoms with Crippen molar-refractivity contribution in [1.29, 1.82) is 0 Å². The van der Waals surface area contributed by atoms with Crippen LogP contribution in [0.4, 0.5) is 24.5 Å². The lowest BCUT2D eigenvalue weighted by Crippen LogP contribution is -2.28. The second-order valence-corrected chi connectivity index (χ2v) is 7.98. The number of nitro benzene ring substituents is 1. The Kier molecular flexibility index (Phi) is 6.47. The Morgan fingerprint density at radius 1 is 1.10 bits per heavy atom. The van der Waals surface area contributed by atoms with Gasteiger partial charge < -0.3 is 10.6 Å². The maximum Gasteiger partial charge on any atom is 0.416 e. The van der Waals surface area contributed by atoms with Gasteiger partial charge in [0.15, 0.2) is 9.84 Å². The number of nitrogens with zero attached hydrogens (tertiary/aromatic N) is 1. The number of sulfone groups is 1. The van der Waals surface area contributed by atoms with Gasteiger partial charge in [-0.15, -0.1) is 0 Å². The van der Waals surface area contributed by atoms with Crippen LogP contribution in [0.2, 0.25) is 0 Å². The van der Waals surface area contributed by atoms with Crippen LogP contribution in [0, 0.1) is 10.1 Å². The van der Waals surface area contributed by atoms with Crippen molar-refractivity contribution in [2.75, 3.05) is 24.7 Å². The maximum absolute atomic E-state index is 12.5. The molecule has 0 fully saturated rings. The van der Waals surface area contributed by atoms with Gasteiger partial charge in [0, 0.05) is 31.0 Å². The summed E-state index contributed by atoms with van der Waals surface area (Å²) in [5.41, 5.74) is -1.23. The molecule has 0 heterocycles. The number of carbonyl (C=O) groups is 1. The van der Waals surface area contributed by atoms with Gasteiger partial charge in [0.2, 0.25) is 0 Å². The van der Waals surface area contributed by atoms with E-state index in [2.05, 4.69) is 10.6 Å². The monoisotopic (exact) mass is 431 g/mol. The lowest BCUT2D eigenvalue weighted by atomic mass is 10.1. The van der Waals surface area contributed by atoms with E-state index in [0.29, 0.717) is 0 Å². The molecular weight excluding hydrogens is 415 g/mol. The van der Waals surface area contributed by atoms with E-state index in [1.165, 1.54) is 12.1 Å². The molecule has 2 aromatic carbocycles. The highest BCUT2D eigenvalue weighted by Gasteiger charge is 2.30. The summed E-state index contributed by atoms with van der Waals surface area (Å²) in [5, 5.41) is 16.3. The Bertz CT molecular complexity index is 1020. The Morgan fingerprint density at radius 2 is 1.72 bits per heavy atom. The number of amides is 1. The molecule has 1 amide bonds. The Labute approximate surface area is 163 Å². The number of halogens is 3. The van der Waals surface area contributed by atoms with Crippen LogP contribution >= 0.6 is 0 Å². The number of alkyl halides is 3. The first-order valence-electron chi connectivity index (χ1n) is 8.07. The molecule has 0 aromatic heterocycles. The Balaban J connectivity index is 1.96. The summed E-state index contributed by atoms with van der Waals surface area (Å²) in [6.07, 6.45) is -3.57. The van der Waals surface area contributed by atoms with Crippen LogP contribution in [0.15, 0.2) is 47.4 Å². The van der Waals surface area contributed by atoms with Gasteiger partial charge in [0.05, 0.1) is 15.4 Å². The molecule has 29 heavy (non-hydrogen) atoms. The summed E-state index contributed by atoms with van der Waals surface area (Å²) >= 11 is 0. The predicted molar refractivity (Wildman–Crippen MR) is 98.5 cm³/mol. The summed E-state index contributed by atoms with van der Waals surface area (Å²) < 4.78 is 60.6. The fourth-order valence-electron chi connectivity index (χ4n) is 2.33. The first-order chi connectivity index (χ1) is 13.4. The smallest absolute Gasteiger partial charge is 0.378 e. The fourth-order valence-corrected chi connectivity index (χ4v) is 2.97. The van der Waals surface area contributed by atoms with Crippen LogP contribution in [-0.4, -0.2) is 38.6 Å². The normalized spacial score (nSPS) is 11.7. The molecule has 0 atom stereocenters. The average molecular weight is 431 g/mol. The Morgan fingerprint density at radius 3 is 2.24 bits per heavy atom. The third kappa shape index (κ3) is 5.91. The molecular formula is C17H16F3N3O5S. The van der Waals surface area contributed by atoms with Crippen molar-refractivity contribution in [3.63, 3.8) is 0 Å². The molecule has 0 aliphatic rings. The zero-order chi connectivity index (χ0) is 21.8. The number of benzene rings is 2. The molecule has 0 unspecified atom stereocenters. The predicted octanol–water partition coefficient (Wildman–Crippen LogP) is 2.86. The van der Waals surface area contributed by atoms with E-state index in [1.54, 1.807) is 0 Å². The molecule has 0 bridgehead atoms. The summed E-state index contributed by atoms with van der Waals surface area (Å²) in [6, 6.07) is 7.05. The molecule has 0 aliphatic carbocycles. The number of rotatable bonds is 7. The van der Waals surface area contributed by atoms with Crippen LogP contribution in [0.5, 0.6) is 0 Å². The van der Waals surface area contributed by atoms with Gasteiger partial charge >= 0.3 is 6.18 Å². The minimum absolute atomic E-state index is 0.0187. The fraction of sp³-hybridized carbons (Fsp3) is 0.235. The number of nitrogens with one attached hydrogen (secondary N) is 2. The van der Waals surface area contributed by atoms with E-state index in [-0.39, 0.29) is 29.2 Å². The van der Waals surface area contributed by atoms with Crippen molar-refractivity contribution in [2.24, 2.45) is 0 Å². The van der Waals surface area contributed by atoms with Gasteiger partial charge in [0.25, 0.3) is 11.6 Å². The highest BCUT2D eigenvalue weighted by molar-refractivity contribution is 7.90. The number of hydrogen-bond acceptors (Lipinski definition) is 6. The molecule has 2 aromatic rings. The molecule has 12 heteroatoms. The van der Waals surface area contributed by atoms with E-state index in [4.69, 9.17) is 0 Å².